The van der Waals surface area contributed by atoms with E-state index < -0.39 is 0 Å². The first-order valence-corrected chi connectivity index (χ1v) is 13.7. The van der Waals surface area contributed by atoms with Crippen LogP contribution in [-0.4, -0.2) is 93.9 Å². The molecule has 0 radical (unpaired) electrons. The zero-order valence-electron chi connectivity index (χ0n) is 22.0. The van der Waals surface area contributed by atoms with E-state index in [1.165, 1.54) is 10.2 Å². The molecule has 0 unspecified atom stereocenters. The van der Waals surface area contributed by atoms with Crippen molar-refractivity contribution in [2.24, 2.45) is 0 Å². The molecule has 0 saturated carbocycles. The van der Waals surface area contributed by atoms with Crippen LogP contribution in [0.5, 0.6) is 5.75 Å². The predicted octanol–water partition coefficient (Wildman–Crippen LogP) is 2.11. The van der Waals surface area contributed by atoms with Crippen LogP contribution in [0.15, 0.2) is 51.9 Å². The summed E-state index contributed by atoms with van der Waals surface area (Å²) in [6, 6.07) is 11.9. The van der Waals surface area contributed by atoms with E-state index in [1.54, 1.807) is 23.0 Å². The van der Waals surface area contributed by atoms with Gasteiger partial charge in [0.05, 0.1) is 6.26 Å². The van der Waals surface area contributed by atoms with Gasteiger partial charge in [-0.1, -0.05) is 11.3 Å². The Balaban J connectivity index is 1.10. The summed E-state index contributed by atoms with van der Waals surface area (Å²) in [5.41, 5.74) is 8.45. The van der Waals surface area contributed by atoms with Crippen LogP contribution >= 0.6 is 11.3 Å². The van der Waals surface area contributed by atoms with Crippen LogP contribution in [0, 0.1) is 0 Å². The minimum Gasteiger partial charge on any atom is -0.492 e. The monoisotopic (exact) mass is 549 g/mol. The van der Waals surface area contributed by atoms with E-state index >= 15 is 0 Å². The Kier molecular flexibility index (Phi) is 6.94. The fourth-order valence-corrected chi connectivity index (χ4v) is 5.64. The van der Waals surface area contributed by atoms with Crippen LogP contribution in [0.25, 0.3) is 27.6 Å². The molecule has 4 aromatic heterocycles. The molecule has 5 heterocycles. The highest BCUT2D eigenvalue weighted by Crippen LogP contribution is 2.26. The number of ether oxygens (including phenoxy) is 1. The number of nitrogen functional groups attached to an aromatic ring is 1. The molecule has 39 heavy (non-hydrogen) atoms. The van der Waals surface area contributed by atoms with Crippen LogP contribution in [0.3, 0.4) is 0 Å². The summed E-state index contributed by atoms with van der Waals surface area (Å²) in [5, 5.41) is 4.42. The molecule has 12 nitrogen and oxygen atoms in total. The van der Waals surface area contributed by atoms with Gasteiger partial charge in [0.25, 0.3) is 0 Å². The summed E-state index contributed by atoms with van der Waals surface area (Å²) in [7, 11) is 4.07. The molecule has 1 aromatic carbocycles. The highest BCUT2D eigenvalue weighted by Gasteiger charge is 2.21. The molecule has 2 N–H and O–H groups in total. The molecule has 13 heteroatoms. The van der Waals surface area contributed by atoms with Crippen molar-refractivity contribution in [3.63, 3.8) is 0 Å². The Morgan fingerprint density at radius 2 is 1.85 bits per heavy atom. The minimum absolute atomic E-state index is 0.0842. The molecule has 0 atom stereocenters. The molecule has 0 spiro atoms. The number of hydrogen-bond acceptors (Lipinski definition) is 11. The molecule has 1 saturated heterocycles. The second-order valence-electron chi connectivity index (χ2n) is 9.76. The Hall–Kier alpha value is -3.94. The van der Waals surface area contributed by atoms with Crippen LogP contribution in [0.1, 0.15) is 0 Å². The lowest BCUT2D eigenvalue weighted by molar-refractivity contribution is 0.248. The van der Waals surface area contributed by atoms with Crippen molar-refractivity contribution in [2.45, 2.75) is 6.54 Å². The number of piperazine rings is 1. The molecule has 1 aliphatic rings. The summed E-state index contributed by atoms with van der Waals surface area (Å²) in [5.74, 6) is 2.00. The van der Waals surface area contributed by atoms with E-state index in [4.69, 9.17) is 14.9 Å². The van der Waals surface area contributed by atoms with Gasteiger partial charge < -0.3 is 24.7 Å². The number of likely N-dealkylation sites (N-methyl/N-ethyl adjacent to an activating group) is 1. The van der Waals surface area contributed by atoms with Crippen molar-refractivity contribution in [1.29, 1.82) is 0 Å². The fourth-order valence-electron chi connectivity index (χ4n) is 4.71. The summed E-state index contributed by atoms with van der Waals surface area (Å²) < 4.78 is 15.0. The number of nitrogens with two attached hydrogens (primary N) is 1. The maximum Gasteiger partial charge on any atom is 0.309 e. The van der Waals surface area contributed by atoms with Gasteiger partial charge in [-0.15, -0.1) is 5.10 Å². The smallest absolute Gasteiger partial charge is 0.309 e. The maximum absolute atomic E-state index is 13.0. The summed E-state index contributed by atoms with van der Waals surface area (Å²) in [6.07, 6.45) is 1.56. The van der Waals surface area contributed by atoms with E-state index in [0.29, 0.717) is 40.7 Å². The van der Waals surface area contributed by atoms with Gasteiger partial charge in [-0.2, -0.15) is 9.50 Å². The Morgan fingerprint density at radius 1 is 1.05 bits per heavy atom. The minimum atomic E-state index is -0.0842. The van der Waals surface area contributed by atoms with Crippen molar-refractivity contribution in [3.05, 3.63) is 52.3 Å². The molecule has 1 aliphatic heterocycles. The van der Waals surface area contributed by atoms with Gasteiger partial charge >= 0.3 is 4.87 Å². The van der Waals surface area contributed by atoms with Crippen LogP contribution in [0.4, 0.5) is 11.6 Å². The molecule has 0 amide bonds. The summed E-state index contributed by atoms with van der Waals surface area (Å²) in [4.78, 5) is 28.8. The highest BCUT2D eigenvalue weighted by atomic mass is 32.1. The standard InChI is InChI=1S/C26H31N9O3S/c1-31(2)15-17-37-19-7-5-18(6-8-19)33-12-9-32(10-13-33)11-14-34-23-21(39-26(34)36)24-28-22(20-4-3-16-38-20)30-35(24)25(27)29-23/h3-8,16H,9-15,17H2,1-2H3,(H2,27,29). The average Bonchev–Trinajstić information content (AvgIpc) is 3.68. The number of furan rings is 1. The second kappa shape index (κ2) is 10.7. The molecular weight excluding hydrogens is 518 g/mol. The van der Waals surface area contributed by atoms with E-state index in [9.17, 15) is 4.79 Å². The second-order valence-corrected chi connectivity index (χ2v) is 10.7. The summed E-state index contributed by atoms with van der Waals surface area (Å²) in [6.45, 7) is 6.49. The van der Waals surface area contributed by atoms with Crippen molar-refractivity contribution in [1.82, 2.24) is 33.9 Å². The first-order chi connectivity index (χ1) is 19.0. The van der Waals surface area contributed by atoms with Crippen molar-refractivity contribution >= 4 is 39.0 Å². The van der Waals surface area contributed by atoms with Crippen LogP contribution < -0.4 is 20.2 Å². The first kappa shape index (κ1) is 25.3. The number of thiazole rings is 1. The van der Waals surface area contributed by atoms with E-state index in [2.05, 4.69) is 41.9 Å². The zero-order valence-corrected chi connectivity index (χ0v) is 22.8. The molecule has 0 bridgehead atoms. The number of fused-ring (bicyclic) bond motifs is 3. The first-order valence-electron chi connectivity index (χ1n) is 12.9. The molecule has 0 aliphatic carbocycles. The topological polar surface area (TPSA) is 123 Å². The van der Waals surface area contributed by atoms with Gasteiger partial charge in [0.2, 0.25) is 11.8 Å². The van der Waals surface area contributed by atoms with Crippen molar-refractivity contribution in [3.8, 4) is 17.3 Å². The lowest BCUT2D eigenvalue weighted by Gasteiger charge is -2.36. The number of hydrogen-bond donors (Lipinski definition) is 1. The van der Waals surface area contributed by atoms with Gasteiger partial charge in [-0.25, -0.2) is 4.98 Å². The van der Waals surface area contributed by atoms with E-state index in [-0.39, 0.29) is 10.8 Å². The lowest BCUT2D eigenvalue weighted by Crippen LogP contribution is -2.47. The Morgan fingerprint density at radius 3 is 2.56 bits per heavy atom. The Bertz CT molecular complexity index is 1610. The average molecular weight is 550 g/mol. The number of anilines is 2. The quantitative estimate of drug-likeness (QED) is 0.292. The Labute approximate surface area is 228 Å². The van der Waals surface area contributed by atoms with E-state index in [0.717, 1.165) is 56.4 Å². The number of rotatable bonds is 9. The maximum atomic E-state index is 13.0. The van der Waals surface area contributed by atoms with E-state index in [1.807, 2.05) is 26.2 Å². The van der Waals surface area contributed by atoms with Gasteiger partial charge in [-0.05, 0) is 50.5 Å². The van der Waals surface area contributed by atoms with Crippen LogP contribution in [-0.2, 0) is 6.54 Å². The zero-order chi connectivity index (χ0) is 26.9. The van der Waals surface area contributed by atoms with Crippen LogP contribution in [0.2, 0.25) is 0 Å². The molecule has 5 aromatic rings. The van der Waals surface area contributed by atoms with Crippen molar-refractivity contribution < 1.29 is 9.15 Å². The molecule has 204 valence electrons. The fraction of sp³-hybridized carbons (Fsp3) is 0.385. The third-order valence-electron chi connectivity index (χ3n) is 6.88. The van der Waals surface area contributed by atoms with Gasteiger partial charge in [-0.3, -0.25) is 14.3 Å². The SMILES string of the molecule is CN(C)CCOc1ccc(N2CCN(CCn3c(=O)sc4c3nc(N)n3nc(-c5ccco5)nc43)CC2)cc1. The largest absolute Gasteiger partial charge is 0.492 e. The summed E-state index contributed by atoms with van der Waals surface area (Å²) >= 11 is 1.12. The molecule has 1 fully saturated rings. The van der Waals surface area contributed by atoms with Crippen molar-refractivity contribution in [2.75, 3.05) is 70.6 Å². The van der Waals surface area contributed by atoms with Gasteiger partial charge in [0.15, 0.2) is 17.1 Å². The number of benzene rings is 1. The predicted molar refractivity (Wildman–Crippen MR) is 152 cm³/mol. The van der Waals surface area contributed by atoms with Gasteiger partial charge in [0.1, 0.15) is 17.1 Å². The molecule has 6 rings (SSSR count). The number of aromatic nitrogens is 5. The highest BCUT2D eigenvalue weighted by molar-refractivity contribution is 7.17. The third kappa shape index (κ3) is 5.20. The lowest BCUT2D eigenvalue weighted by atomic mass is 10.2. The number of nitrogens with zero attached hydrogens (tertiary/aromatic N) is 8. The third-order valence-corrected chi connectivity index (χ3v) is 7.84. The normalized spacial score (nSPS) is 14.7. The molecular formula is C26H31N9O3S. The van der Waals surface area contributed by atoms with Gasteiger partial charge in [0, 0.05) is 51.5 Å².